The molecule has 0 fully saturated rings. The van der Waals surface area contributed by atoms with Crippen LogP contribution < -0.4 is 15.4 Å². The van der Waals surface area contributed by atoms with Gasteiger partial charge >= 0.3 is 0 Å². The van der Waals surface area contributed by atoms with Gasteiger partial charge in [-0.2, -0.15) is 0 Å². The fourth-order valence-electron chi connectivity index (χ4n) is 1.64. The normalized spacial score (nSPS) is 13.2. The SMILES string of the molecule is CCC(C)NC(=O)C(C)NC(=O)c1ccccc1OC. The van der Waals surface area contributed by atoms with E-state index in [9.17, 15) is 9.59 Å². The number of amides is 2. The molecule has 0 saturated heterocycles. The Bertz CT molecular complexity index is 474. The summed E-state index contributed by atoms with van der Waals surface area (Å²) < 4.78 is 5.13. The predicted molar refractivity (Wildman–Crippen MR) is 77.8 cm³/mol. The molecule has 0 aliphatic carbocycles. The molecule has 110 valence electrons. The fraction of sp³-hybridized carbons (Fsp3) is 0.467. The number of benzene rings is 1. The van der Waals surface area contributed by atoms with Gasteiger partial charge in [0.1, 0.15) is 11.8 Å². The van der Waals surface area contributed by atoms with Crippen LogP contribution in [0.2, 0.25) is 0 Å². The van der Waals surface area contributed by atoms with Crippen LogP contribution in [-0.2, 0) is 4.79 Å². The van der Waals surface area contributed by atoms with Crippen LogP contribution in [-0.4, -0.2) is 31.0 Å². The van der Waals surface area contributed by atoms with Crippen LogP contribution in [0.4, 0.5) is 0 Å². The van der Waals surface area contributed by atoms with Crippen molar-refractivity contribution in [3.63, 3.8) is 0 Å². The predicted octanol–water partition coefficient (Wildman–Crippen LogP) is 1.73. The second-order valence-corrected chi connectivity index (χ2v) is 4.71. The number of ether oxygens (including phenoxy) is 1. The minimum absolute atomic E-state index is 0.0908. The van der Waals surface area contributed by atoms with Crippen molar-refractivity contribution >= 4 is 11.8 Å². The second kappa shape index (κ2) is 7.53. The highest BCUT2D eigenvalue weighted by atomic mass is 16.5. The largest absolute Gasteiger partial charge is 0.496 e. The number of para-hydroxylation sites is 1. The Morgan fingerprint density at radius 3 is 2.45 bits per heavy atom. The van der Waals surface area contributed by atoms with Gasteiger partial charge in [-0.1, -0.05) is 19.1 Å². The second-order valence-electron chi connectivity index (χ2n) is 4.71. The Hall–Kier alpha value is -2.04. The van der Waals surface area contributed by atoms with Crippen LogP contribution in [0.15, 0.2) is 24.3 Å². The zero-order chi connectivity index (χ0) is 15.1. The Kier molecular flexibility index (Phi) is 6.03. The van der Waals surface area contributed by atoms with Crippen LogP contribution in [0, 0.1) is 0 Å². The van der Waals surface area contributed by atoms with E-state index in [1.54, 1.807) is 31.2 Å². The maximum atomic E-state index is 12.1. The first kappa shape index (κ1) is 16.0. The molecule has 0 aliphatic rings. The Balaban J connectivity index is 2.68. The topological polar surface area (TPSA) is 67.4 Å². The van der Waals surface area contributed by atoms with Crippen molar-refractivity contribution in [2.24, 2.45) is 0 Å². The third-order valence-corrected chi connectivity index (χ3v) is 3.09. The van der Waals surface area contributed by atoms with Crippen molar-refractivity contribution in [3.8, 4) is 5.75 Å². The number of hydrogen-bond donors (Lipinski definition) is 2. The van der Waals surface area contributed by atoms with Gasteiger partial charge in [-0.05, 0) is 32.4 Å². The summed E-state index contributed by atoms with van der Waals surface area (Å²) in [4.78, 5) is 24.0. The molecule has 0 saturated carbocycles. The lowest BCUT2D eigenvalue weighted by Gasteiger charge is -2.18. The number of carbonyl (C=O) groups is 2. The highest BCUT2D eigenvalue weighted by molar-refractivity contribution is 5.99. The van der Waals surface area contributed by atoms with E-state index in [4.69, 9.17) is 4.74 Å². The Labute approximate surface area is 119 Å². The Morgan fingerprint density at radius 2 is 1.85 bits per heavy atom. The lowest BCUT2D eigenvalue weighted by molar-refractivity contribution is -0.123. The highest BCUT2D eigenvalue weighted by Gasteiger charge is 2.19. The summed E-state index contributed by atoms with van der Waals surface area (Å²) >= 11 is 0. The molecule has 0 aromatic heterocycles. The monoisotopic (exact) mass is 278 g/mol. The third kappa shape index (κ3) is 4.26. The van der Waals surface area contributed by atoms with Gasteiger partial charge in [0, 0.05) is 6.04 Å². The molecule has 1 aromatic rings. The smallest absolute Gasteiger partial charge is 0.255 e. The van der Waals surface area contributed by atoms with E-state index in [2.05, 4.69) is 10.6 Å². The zero-order valence-corrected chi connectivity index (χ0v) is 12.4. The summed E-state index contributed by atoms with van der Waals surface area (Å²) in [5, 5.41) is 5.50. The van der Waals surface area contributed by atoms with Crippen molar-refractivity contribution < 1.29 is 14.3 Å². The average molecular weight is 278 g/mol. The molecule has 2 atom stereocenters. The summed E-state index contributed by atoms with van der Waals surface area (Å²) in [6, 6.07) is 6.40. The van der Waals surface area contributed by atoms with Crippen LogP contribution >= 0.6 is 0 Å². The summed E-state index contributed by atoms with van der Waals surface area (Å²) in [6.07, 6.45) is 0.846. The lowest BCUT2D eigenvalue weighted by atomic mass is 10.1. The molecule has 0 radical (unpaired) electrons. The zero-order valence-electron chi connectivity index (χ0n) is 12.4. The molecular formula is C15H22N2O3. The van der Waals surface area contributed by atoms with E-state index in [-0.39, 0.29) is 17.9 Å². The van der Waals surface area contributed by atoms with Crippen molar-refractivity contribution in [3.05, 3.63) is 29.8 Å². The van der Waals surface area contributed by atoms with Crippen LogP contribution in [0.5, 0.6) is 5.75 Å². The minimum atomic E-state index is -0.596. The minimum Gasteiger partial charge on any atom is -0.496 e. The van der Waals surface area contributed by atoms with E-state index in [1.807, 2.05) is 13.8 Å². The molecule has 0 aliphatic heterocycles. The molecular weight excluding hydrogens is 256 g/mol. The number of hydrogen-bond acceptors (Lipinski definition) is 3. The third-order valence-electron chi connectivity index (χ3n) is 3.09. The summed E-state index contributed by atoms with van der Waals surface area (Å²) in [5.74, 6) is -0.0311. The molecule has 0 bridgehead atoms. The molecule has 20 heavy (non-hydrogen) atoms. The number of rotatable bonds is 6. The lowest BCUT2D eigenvalue weighted by Crippen LogP contribution is -2.47. The summed E-state index contributed by atoms with van der Waals surface area (Å²) in [6.45, 7) is 5.57. The molecule has 0 heterocycles. The molecule has 2 unspecified atom stereocenters. The molecule has 1 aromatic carbocycles. The van der Waals surface area contributed by atoms with Gasteiger partial charge < -0.3 is 15.4 Å². The van der Waals surface area contributed by atoms with E-state index < -0.39 is 6.04 Å². The van der Waals surface area contributed by atoms with Crippen molar-refractivity contribution in [1.29, 1.82) is 0 Å². The maximum Gasteiger partial charge on any atom is 0.255 e. The van der Waals surface area contributed by atoms with Gasteiger partial charge in [0.05, 0.1) is 12.7 Å². The van der Waals surface area contributed by atoms with E-state index >= 15 is 0 Å². The molecule has 2 amide bonds. The van der Waals surface area contributed by atoms with Crippen molar-refractivity contribution in [1.82, 2.24) is 10.6 Å². The molecule has 5 nitrogen and oxygen atoms in total. The van der Waals surface area contributed by atoms with Crippen molar-refractivity contribution in [2.75, 3.05) is 7.11 Å². The molecule has 0 spiro atoms. The molecule has 5 heteroatoms. The summed E-state index contributed by atoms with van der Waals surface area (Å²) in [5.41, 5.74) is 0.415. The van der Waals surface area contributed by atoms with Gasteiger partial charge in [0.25, 0.3) is 5.91 Å². The highest BCUT2D eigenvalue weighted by Crippen LogP contribution is 2.16. The summed E-state index contributed by atoms with van der Waals surface area (Å²) in [7, 11) is 1.51. The van der Waals surface area contributed by atoms with Gasteiger partial charge in [0.2, 0.25) is 5.91 Å². The fourth-order valence-corrected chi connectivity index (χ4v) is 1.64. The maximum absolute atomic E-state index is 12.1. The van der Waals surface area contributed by atoms with Gasteiger partial charge in [-0.15, -0.1) is 0 Å². The average Bonchev–Trinajstić information content (AvgIpc) is 2.46. The number of nitrogens with one attached hydrogen (secondary N) is 2. The number of carbonyl (C=O) groups excluding carboxylic acids is 2. The van der Waals surface area contributed by atoms with Crippen molar-refractivity contribution in [2.45, 2.75) is 39.3 Å². The van der Waals surface area contributed by atoms with E-state index in [0.717, 1.165) is 6.42 Å². The first-order chi connectivity index (χ1) is 9.49. The van der Waals surface area contributed by atoms with Gasteiger partial charge in [-0.25, -0.2) is 0 Å². The van der Waals surface area contributed by atoms with Crippen LogP contribution in [0.25, 0.3) is 0 Å². The van der Waals surface area contributed by atoms with Gasteiger partial charge in [-0.3, -0.25) is 9.59 Å². The first-order valence-electron chi connectivity index (χ1n) is 6.73. The molecule has 1 rings (SSSR count). The van der Waals surface area contributed by atoms with Crippen LogP contribution in [0.1, 0.15) is 37.6 Å². The Morgan fingerprint density at radius 1 is 1.20 bits per heavy atom. The quantitative estimate of drug-likeness (QED) is 0.832. The standard InChI is InChI=1S/C15H22N2O3/c1-5-10(2)16-14(18)11(3)17-15(19)12-8-6-7-9-13(12)20-4/h6-11H,5H2,1-4H3,(H,16,18)(H,17,19). The van der Waals surface area contributed by atoms with E-state index in [0.29, 0.717) is 11.3 Å². The number of methoxy groups -OCH3 is 1. The van der Waals surface area contributed by atoms with E-state index in [1.165, 1.54) is 7.11 Å². The van der Waals surface area contributed by atoms with Crippen LogP contribution in [0.3, 0.4) is 0 Å². The first-order valence-corrected chi connectivity index (χ1v) is 6.73. The van der Waals surface area contributed by atoms with Gasteiger partial charge in [0.15, 0.2) is 0 Å². The molecule has 2 N–H and O–H groups in total.